The first-order chi connectivity index (χ1) is 8.29. The van der Waals surface area contributed by atoms with Gasteiger partial charge in [0.25, 0.3) is 0 Å². The molecule has 1 aromatic carbocycles. The van der Waals surface area contributed by atoms with Crippen molar-refractivity contribution in [2.75, 3.05) is 12.3 Å². The molecule has 1 rings (SSSR count). The molecule has 0 amide bonds. The van der Waals surface area contributed by atoms with Crippen LogP contribution in [-0.4, -0.2) is 15.0 Å². The van der Waals surface area contributed by atoms with E-state index in [4.69, 9.17) is 28.9 Å². The van der Waals surface area contributed by atoms with Crippen LogP contribution in [0.15, 0.2) is 17.0 Å². The van der Waals surface area contributed by atoms with E-state index in [0.717, 1.165) is 6.42 Å². The van der Waals surface area contributed by atoms with Gasteiger partial charge in [-0.05, 0) is 18.1 Å². The van der Waals surface area contributed by atoms with Gasteiger partial charge in [0, 0.05) is 6.54 Å². The van der Waals surface area contributed by atoms with Crippen molar-refractivity contribution in [2.45, 2.75) is 25.2 Å². The molecular weight excluding hydrogens is 295 g/mol. The maximum absolute atomic E-state index is 12.0. The van der Waals surface area contributed by atoms with Crippen LogP contribution in [0, 0.1) is 5.92 Å². The summed E-state index contributed by atoms with van der Waals surface area (Å²) in [5.74, 6) is 0.253. The Morgan fingerprint density at radius 1 is 1.39 bits per heavy atom. The van der Waals surface area contributed by atoms with Crippen molar-refractivity contribution in [1.82, 2.24) is 4.72 Å². The second kappa shape index (κ2) is 6.10. The second-order valence-electron chi connectivity index (χ2n) is 4.14. The quantitative estimate of drug-likeness (QED) is 0.821. The van der Waals surface area contributed by atoms with Crippen LogP contribution in [0.25, 0.3) is 0 Å². The van der Waals surface area contributed by atoms with E-state index in [1.54, 1.807) is 0 Å². The Hall–Kier alpha value is -0.490. The third-order valence-corrected chi connectivity index (χ3v) is 5.01. The van der Waals surface area contributed by atoms with E-state index in [-0.39, 0.29) is 26.5 Å². The molecule has 0 aliphatic heterocycles. The Kier molecular flexibility index (Phi) is 5.28. The zero-order chi connectivity index (χ0) is 13.9. The highest BCUT2D eigenvalue weighted by atomic mass is 35.5. The summed E-state index contributed by atoms with van der Waals surface area (Å²) in [6.07, 6.45) is 0.888. The van der Waals surface area contributed by atoms with E-state index in [0.29, 0.717) is 6.54 Å². The molecule has 102 valence electrons. The van der Waals surface area contributed by atoms with Crippen molar-refractivity contribution in [2.24, 2.45) is 5.92 Å². The molecule has 3 N–H and O–H groups in total. The number of hydrogen-bond acceptors (Lipinski definition) is 3. The fourth-order valence-electron chi connectivity index (χ4n) is 1.23. The lowest BCUT2D eigenvalue weighted by Crippen LogP contribution is -2.28. The SMILES string of the molecule is CCC(C)CNS(=O)(=O)c1ccc(Cl)c(N)c1Cl. The predicted octanol–water partition coefficient (Wildman–Crippen LogP) is 2.90. The van der Waals surface area contributed by atoms with E-state index in [1.807, 2.05) is 13.8 Å². The first-order valence-electron chi connectivity index (χ1n) is 5.52. The van der Waals surface area contributed by atoms with Crippen LogP contribution in [0.4, 0.5) is 5.69 Å². The molecule has 0 bridgehead atoms. The highest BCUT2D eigenvalue weighted by Gasteiger charge is 2.20. The maximum atomic E-state index is 12.0. The van der Waals surface area contributed by atoms with Crippen molar-refractivity contribution in [1.29, 1.82) is 0 Å². The monoisotopic (exact) mass is 310 g/mol. The molecule has 4 nitrogen and oxygen atoms in total. The maximum Gasteiger partial charge on any atom is 0.242 e. The lowest BCUT2D eigenvalue weighted by atomic mass is 10.1. The van der Waals surface area contributed by atoms with Crippen LogP contribution in [0.1, 0.15) is 20.3 Å². The average Bonchev–Trinajstić information content (AvgIpc) is 2.32. The zero-order valence-electron chi connectivity index (χ0n) is 10.2. The van der Waals surface area contributed by atoms with Crippen LogP contribution in [-0.2, 0) is 10.0 Å². The third-order valence-electron chi connectivity index (χ3n) is 2.70. The minimum Gasteiger partial charge on any atom is -0.396 e. The second-order valence-corrected chi connectivity index (χ2v) is 6.66. The van der Waals surface area contributed by atoms with E-state index in [9.17, 15) is 8.42 Å². The number of anilines is 1. The van der Waals surface area contributed by atoms with Gasteiger partial charge >= 0.3 is 0 Å². The summed E-state index contributed by atoms with van der Waals surface area (Å²) in [5.41, 5.74) is 5.68. The van der Waals surface area contributed by atoms with Gasteiger partial charge in [-0.1, -0.05) is 43.5 Å². The van der Waals surface area contributed by atoms with E-state index < -0.39 is 10.0 Å². The van der Waals surface area contributed by atoms with Gasteiger partial charge in [0.2, 0.25) is 10.0 Å². The van der Waals surface area contributed by atoms with Gasteiger partial charge in [-0.3, -0.25) is 0 Å². The number of nitrogens with two attached hydrogens (primary N) is 1. The van der Waals surface area contributed by atoms with Gasteiger partial charge < -0.3 is 5.73 Å². The Bertz CT molecular complexity index is 532. The topological polar surface area (TPSA) is 72.2 Å². The third kappa shape index (κ3) is 3.51. The summed E-state index contributed by atoms with van der Waals surface area (Å²) in [6, 6.07) is 2.76. The molecule has 0 aromatic heterocycles. The number of benzene rings is 1. The Morgan fingerprint density at radius 2 is 2.00 bits per heavy atom. The summed E-state index contributed by atoms with van der Waals surface area (Å²) in [5, 5.41) is 0.194. The van der Waals surface area contributed by atoms with Crippen molar-refractivity contribution in [3.63, 3.8) is 0 Å². The molecular formula is C11H16Cl2N2O2S. The molecule has 1 atom stereocenters. The van der Waals surface area contributed by atoms with Gasteiger partial charge in [0.05, 0.1) is 15.7 Å². The molecule has 1 aromatic rings. The highest BCUT2D eigenvalue weighted by Crippen LogP contribution is 2.32. The fourth-order valence-corrected chi connectivity index (χ4v) is 3.16. The lowest BCUT2D eigenvalue weighted by molar-refractivity contribution is 0.528. The summed E-state index contributed by atoms with van der Waals surface area (Å²) in [7, 11) is -3.66. The molecule has 0 aliphatic carbocycles. The highest BCUT2D eigenvalue weighted by molar-refractivity contribution is 7.89. The van der Waals surface area contributed by atoms with E-state index in [1.165, 1.54) is 12.1 Å². The molecule has 0 saturated carbocycles. The fraction of sp³-hybridized carbons (Fsp3) is 0.455. The minimum absolute atomic E-state index is 0.0425. The minimum atomic E-state index is -3.66. The van der Waals surface area contributed by atoms with Crippen molar-refractivity contribution in [3.05, 3.63) is 22.2 Å². The molecule has 0 aliphatic rings. The van der Waals surface area contributed by atoms with Gasteiger partial charge in [0.15, 0.2) is 0 Å². The summed E-state index contributed by atoms with van der Waals surface area (Å²) in [6.45, 7) is 4.31. The van der Waals surface area contributed by atoms with Gasteiger partial charge in [-0.15, -0.1) is 0 Å². The van der Waals surface area contributed by atoms with E-state index in [2.05, 4.69) is 4.72 Å². The smallest absolute Gasteiger partial charge is 0.242 e. The number of hydrogen-bond donors (Lipinski definition) is 2. The van der Waals surface area contributed by atoms with Crippen LogP contribution < -0.4 is 10.5 Å². The molecule has 0 spiro atoms. The summed E-state index contributed by atoms with van der Waals surface area (Å²) < 4.78 is 26.6. The molecule has 0 heterocycles. The summed E-state index contributed by atoms with van der Waals surface area (Å²) >= 11 is 11.7. The van der Waals surface area contributed by atoms with Crippen LogP contribution in [0.2, 0.25) is 10.0 Å². The molecule has 0 fully saturated rings. The summed E-state index contributed by atoms with van der Waals surface area (Å²) in [4.78, 5) is -0.0469. The molecule has 18 heavy (non-hydrogen) atoms. The van der Waals surface area contributed by atoms with Crippen molar-refractivity contribution < 1.29 is 8.42 Å². The van der Waals surface area contributed by atoms with Crippen LogP contribution in [0.3, 0.4) is 0 Å². The first-order valence-corrected chi connectivity index (χ1v) is 7.76. The normalized spacial score (nSPS) is 13.6. The zero-order valence-corrected chi connectivity index (χ0v) is 12.5. The van der Waals surface area contributed by atoms with Crippen LogP contribution in [0.5, 0.6) is 0 Å². The molecule has 0 saturated heterocycles. The Balaban J connectivity index is 3.03. The van der Waals surface area contributed by atoms with Gasteiger partial charge in [-0.25, -0.2) is 13.1 Å². The molecule has 0 radical (unpaired) electrons. The van der Waals surface area contributed by atoms with Gasteiger partial charge in [-0.2, -0.15) is 0 Å². The van der Waals surface area contributed by atoms with Gasteiger partial charge in [0.1, 0.15) is 4.90 Å². The molecule has 7 heteroatoms. The molecule has 1 unspecified atom stereocenters. The number of rotatable bonds is 5. The standard InChI is InChI=1S/C11H16Cl2N2O2S/c1-3-7(2)6-15-18(16,17)9-5-4-8(12)11(14)10(9)13/h4-5,7,15H,3,6,14H2,1-2H3. The first kappa shape index (κ1) is 15.6. The number of halogens is 2. The Morgan fingerprint density at radius 3 is 2.56 bits per heavy atom. The largest absolute Gasteiger partial charge is 0.396 e. The van der Waals surface area contributed by atoms with Crippen molar-refractivity contribution in [3.8, 4) is 0 Å². The average molecular weight is 311 g/mol. The number of nitrogen functional groups attached to an aromatic ring is 1. The van der Waals surface area contributed by atoms with Crippen LogP contribution >= 0.6 is 23.2 Å². The van der Waals surface area contributed by atoms with Crippen molar-refractivity contribution >= 4 is 38.9 Å². The van der Waals surface area contributed by atoms with E-state index >= 15 is 0 Å². The Labute approximate surface area is 118 Å². The number of nitrogens with one attached hydrogen (secondary N) is 1. The predicted molar refractivity (Wildman–Crippen MR) is 75.5 cm³/mol. The number of sulfonamides is 1. The lowest BCUT2D eigenvalue weighted by Gasteiger charge is -2.13.